The van der Waals surface area contributed by atoms with Crippen molar-refractivity contribution >= 4 is 17.8 Å². The van der Waals surface area contributed by atoms with Gasteiger partial charge in [-0.25, -0.2) is 9.59 Å². The molecule has 1 aliphatic carbocycles. The first-order valence-electron chi connectivity index (χ1n) is 13.6. The minimum Gasteiger partial charge on any atom is -0.494 e. The maximum absolute atomic E-state index is 12.4. The molecule has 4 N–H and O–H groups in total. The lowest BCUT2D eigenvalue weighted by Gasteiger charge is -2.29. The van der Waals surface area contributed by atoms with E-state index in [-0.39, 0.29) is 29.4 Å². The summed E-state index contributed by atoms with van der Waals surface area (Å²) in [6.45, 7) is 4.45. The third-order valence-corrected chi connectivity index (χ3v) is 7.69. The van der Waals surface area contributed by atoms with Crippen molar-refractivity contribution < 1.29 is 19.4 Å². The number of amides is 3. The molecule has 3 amide bonds. The molecular formula is C26H42N6O6. The van der Waals surface area contributed by atoms with Crippen LogP contribution in [-0.2, 0) is 16.1 Å². The van der Waals surface area contributed by atoms with Gasteiger partial charge in [0, 0.05) is 39.7 Å². The number of rotatable bonds is 8. The summed E-state index contributed by atoms with van der Waals surface area (Å²) in [5.41, 5.74) is 3.96. The molecule has 2 aliphatic heterocycles. The molecule has 2 unspecified atom stereocenters. The molecule has 2 atom stereocenters. The van der Waals surface area contributed by atoms with E-state index in [0.29, 0.717) is 31.3 Å². The van der Waals surface area contributed by atoms with Crippen LogP contribution in [0.5, 0.6) is 5.88 Å². The second-order valence-electron chi connectivity index (χ2n) is 10.4. The third kappa shape index (κ3) is 6.83. The fraction of sp³-hybridized carbons (Fsp3) is 0.731. The quantitative estimate of drug-likeness (QED) is 0.259. The Morgan fingerprint density at radius 1 is 1.13 bits per heavy atom. The number of hydrogen-bond donors (Lipinski definition) is 3. The van der Waals surface area contributed by atoms with Crippen molar-refractivity contribution in [3.8, 4) is 5.88 Å². The Bertz CT molecular complexity index is 1120. The number of H-pyrrole nitrogens is 1. The Labute approximate surface area is 222 Å². The number of nitrogens with zero attached hydrogens (tertiary/aromatic N) is 4. The highest BCUT2D eigenvalue weighted by Gasteiger charge is 2.44. The van der Waals surface area contributed by atoms with Crippen LogP contribution in [0.4, 0.5) is 4.79 Å². The first-order chi connectivity index (χ1) is 18.2. The van der Waals surface area contributed by atoms with Crippen molar-refractivity contribution in [2.24, 2.45) is 22.6 Å². The highest BCUT2D eigenvalue weighted by molar-refractivity contribution is 6.03. The van der Waals surface area contributed by atoms with Gasteiger partial charge in [0.25, 0.3) is 11.5 Å². The van der Waals surface area contributed by atoms with Gasteiger partial charge in [0.15, 0.2) is 0 Å². The van der Waals surface area contributed by atoms with Crippen LogP contribution in [0.25, 0.3) is 0 Å². The largest absolute Gasteiger partial charge is 0.494 e. The molecule has 1 saturated carbocycles. The Kier molecular flexibility index (Phi) is 10.5. The Morgan fingerprint density at radius 3 is 2.45 bits per heavy atom. The van der Waals surface area contributed by atoms with Crippen molar-refractivity contribution in [2.45, 2.75) is 77.3 Å². The fourth-order valence-electron chi connectivity index (χ4n) is 5.38. The summed E-state index contributed by atoms with van der Waals surface area (Å²) in [6, 6.07) is -0.348. The molecule has 3 heterocycles. The fourth-order valence-corrected chi connectivity index (χ4v) is 5.38. The number of aromatic nitrogens is 2. The molecule has 1 aromatic heterocycles. The molecule has 212 valence electrons. The van der Waals surface area contributed by atoms with Crippen LogP contribution >= 0.6 is 0 Å². The van der Waals surface area contributed by atoms with Crippen LogP contribution in [0.3, 0.4) is 0 Å². The number of carbonyl (C=O) groups is 2. The standard InChI is InChI=1S/C16H26N2O3.C10H16N4O3/c1-17-15(19)14(9-12-5-3-2-4-6-12)18(16(17)20)10-13-7-8-21-11-13;1-3-4-5-14-9(16)6(7(11)12-2)8(15)13-10(14)17/h12-14H,2-11H2,1H3;16H,3-5H2,1-2H3,(H2,11,12)(H,13,15,17). The van der Waals surface area contributed by atoms with Crippen LogP contribution < -0.4 is 17.0 Å². The first-order valence-corrected chi connectivity index (χ1v) is 13.6. The van der Waals surface area contributed by atoms with Crippen molar-refractivity contribution in [1.29, 1.82) is 0 Å². The van der Waals surface area contributed by atoms with Gasteiger partial charge in [-0.2, -0.15) is 0 Å². The Balaban J connectivity index is 0.000000216. The summed E-state index contributed by atoms with van der Waals surface area (Å²) in [5, 5.41) is 9.86. The van der Waals surface area contributed by atoms with Gasteiger partial charge in [-0.1, -0.05) is 45.4 Å². The van der Waals surface area contributed by atoms with E-state index in [0.717, 1.165) is 37.0 Å². The zero-order valence-electron chi connectivity index (χ0n) is 22.8. The molecule has 3 aliphatic rings. The number of nitrogens with two attached hydrogens (primary N) is 1. The predicted molar refractivity (Wildman–Crippen MR) is 143 cm³/mol. The zero-order chi connectivity index (χ0) is 27.8. The van der Waals surface area contributed by atoms with Gasteiger partial charge in [0.2, 0.25) is 5.88 Å². The van der Waals surface area contributed by atoms with Crippen LogP contribution in [-0.4, -0.2) is 82.1 Å². The summed E-state index contributed by atoms with van der Waals surface area (Å²) >= 11 is 0. The van der Waals surface area contributed by atoms with Crippen LogP contribution in [0.15, 0.2) is 14.6 Å². The number of aromatic amines is 1. The van der Waals surface area contributed by atoms with Gasteiger partial charge in [-0.3, -0.25) is 29.0 Å². The number of aliphatic imine (C=N–C) groups is 1. The van der Waals surface area contributed by atoms with E-state index >= 15 is 0 Å². The van der Waals surface area contributed by atoms with E-state index in [1.165, 1.54) is 44.1 Å². The first kappa shape index (κ1) is 29.4. The molecule has 12 nitrogen and oxygen atoms in total. The van der Waals surface area contributed by atoms with Crippen molar-refractivity contribution in [1.82, 2.24) is 19.4 Å². The molecule has 0 spiro atoms. The number of urea groups is 1. The number of aromatic hydroxyl groups is 1. The molecule has 2 saturated heterocycles. The predicted octanol–water partition coefficient (Wildman–Crippen LogP) is 1.63. The Hall–Kier alpha value is -3.15. The molecule has 1 aromatic rings. The summed E-state index contributed by atoms with van der Waals surface area (Å²) in [4.78, 5) is 56.6. The van der Waals surface area contributed by atoms with Crippen LogP contribution in [0.1, 0.15) is 70.3 Å². The second kappa shape index (κ2) is 13.6. The highest BCUT2D eigenvalue weighted by Crippen LogP contribution is 2.32. The normalized spacial score (nSPS) is 22.7. The van der Waals surface area contributed by atoms with Gasteiger partial charge in [-0.05, 0) is 25.2 Å². The summed E-state index contributed by atoms with van der Waals surface area (Å²) in [5.74, 6) is 0.449. The summed E-state index contributed by atoms with van der Waals surface area (Å²) in [6.07, 6.45) is 9.69. The molecular weight excluding hydrogens is 492 g/mol. The topological polar surface area (TPSA) is 163 Å². The molecule has 3 fully saturated rings. The van der Waals surface area contributed by atoms with Crippen LogP contribution in [0.2, 0.25) is 0 Å². The smallest absolute Gasteiger partial charge is 0.331 e. The summed E-state index contributed by atoms with van der Waals surface area (Å²) < 4.78 is 6.49. The van der Waals surface area contributed by atoms with Crippen molar-refractivity contribution in [2.75, 3.05) is 33.9 Å². The zero-order valence-corrected chi connectivity index (χ0v) is 22.8. The lowest BCUT2D eigenvalue weighted by Crippen LogP contribution is -2.40. The van der Waals surface area contributed by atoms with E-state index in [9.17, 15) is 24.3 Å². The number of ether oxygens (including phenoxy) is 1. The Morgan fingerprint density at radius 2 is 1.84 bits per heavy atom. The number of unbranched alkanes of at least 4 members (excludes halogenated alkanes) is 1. The number of hydrogen-bond acceptors (Lipinski definition) is 7. The van der Waals surface area contributed by atoms with Crippen LogP contribution in [0, 0.1) is 11.8 Å². The number of imide groups is 1. The second-order valence-corrected chi connectivity index (χ2v) is 10.4. The van der Waals surface area contributed by atoms with Crippen molar-refractivity contribution in [3.05, 3.63) is 26.4 Å². The lowest BCUT2D eigenvalue weighted by atomic mass is 9.84. The highest BCUT2D eigenvalue weighted by atomic mass is 16.5. The average molecular weight is 535 g/mol. The minimum atomic E-state index is -0.733. The number of nitrogens with one attached hydrogen (secondary N) is 1. The van der Waals surface area contributed by atoms with E-state index < -0.39 is 17.1 Å². The maximum Gasteiger partial charge on any atom is 0.331 e. The van der Waals surface area contributed by atoms with E-state index in [4.69, 9.17) is 10.5 Å². The van der Waals surface area contributed by atoms with Gasteiger partial charge < -0.3 is 20.5 Å². The number of likely N-dealkylation sites (N-methyl/N-ethyl adjacent to an activating group) is 1. The monoisotopic (exact) mass is 534 g/mol. The minimum absolute atomic E-state index is 0.00973. The van der Waals surface area contributed by atoms with Gasteiger partial charge in [0.05, 0.1) is 6.61 Å². The average Bonchev–Trinajstić information content (AvgIpc) is 3.49. The number of amidine groups is 1. The third-order valence-electron chi connectivity index (χ3n) is 7.69. The SMILES string of the molecule is CCCCn1c(O)c(C(N)=NC)c(=O)[nH]c1=O.CN1C(=O)C(CC2CCCCC2)N(CC2CCOC2)C1=O. The van der Waals surface area contributed by atoms with E-state index in [1.54, 1.807) is 7.05 Å². The lowest BCUT2D eigenvalue weighted by molar-refractivity contribution is -0.128. The van der Waals surface area contributed by atoms with E-state index in [1.807, 2.05) is 11.8 Å². The number of carbonyl (C=O) groups excluding carboxylic acids is 2. The van der Waals surface area contributed by atoms with E-state index in [2.05, 4.69) is 9.98 Å². The van der Waals surface area contributed by atoms with Crippen molar-refractivity contribution in [3.63, 3.8) is 0 Å². The molecule has 0 bridgehead atoms. The molecule has 38 heavy (non-hydrogen) atoms. The molecule has 0 aromatic carbocycles. The maximum atomic E-state index is 12.4. The van der Waals surface area contributed by atoms with Gasteiger partial charge >= 0.3 is 11.7 Å². The van der Waals surface area contributed by atoms with Gasteiger partial charge in [0.1, 0.15) is 17.4 Å². The van der Waals surface area contributed by atoms with Gasteiger partial charge in [-0.15, -0.1) is 0 Å². The molecule has 12 heteroatoms. The summed E-state index contributed by atoms with van der Waals surface area (Å²) in [7, 11) is 3.01. The molecule has 4 rings (SSSR count). The molecule has 0 radical (unpaired) electrons.